The third-order valence-electron chi connectivity index (χ3n) is 3.64. The first-order valence-corrected chi connectivity index (χ1v) is 7.68. The maximum atomic E-state index is 12.2. The second kappa shape index (κ2) is 6.76. The second-order valence-corrected chi connectivity index (χ2v) is 5.83. The molecule has 24 heavy (non-hydrogen) atoms. The van der Waals surface area contributed by atoms with Crippen LogP contribution < -0.4 is 10.2 Å². The topological polar surface area (TPSA) is 62.9 Å². The monoisotopic (exact) mass is 325 g/mol. The number of phenols is 1. The van der Waals surface area contributed by atoms with E-state index in [1.165, 1.54) is 18.2 Å². The van der Waals surface area contributed by atoms with Crippen LogP contribution in [0.15, 0.2) is 57.7 Å². The second-order valence-electron chi connectivity index (χ2n) is 5.83. The molecule has 5 heteroatoms. The summed E-state index contributed by atoms with van der Waals surface area (Å²) in [6.45, 7) is 1.39. The quantitative estimate of drug-likeness (QED) is 0.781. The van der Waals surface area contributed by atoms with Gasteiger partial charge in [0, 0.05) is 24.2 Å². The molecule has 0 saturated carbocycles. The molecular weight excluding hydrogens is 306 g/mol. The lowest BCUT2D eigenvalue weighted by atomic mass is 10.1. The standard InChI is InChI=1S/C19H19NO4/c1-20(2)8-9-23-15-5-3-4-13(10-15)18-12-17(22)16-7-6-14(21)11-19(16)24-18/h3-7,10-12,21H,8-9H2,1-2H3. The summed E-state index contributed by atoms with van der Waals surface area (Å²) < 4.78 is 11.5. The van der Waals surface area contributed by atoms with Gasteiger partial charge in [0.25, 0.3) is 0 Å². The van der Waals surface area contributed by atoms with Crippen molar-refractivity contribution in [2.45, 2.75) is 0 Å². The minimum absolute atomic E-state index is 0.0589. The fourth-order valence-corrected chi connectivity index (χ4v) is 2.37. The van der Waals surface area contributed by atoms with E-state index in [0.29, 0.717) is 29.1 Å². The van der Waals surface area contributed by atoms with E-state index >= 15 is 0 Å². The van der Waals surface area contributed by atoms with Crippen molar-refractivity contribution < 1.29 is 14.3 Å². The van der Waals surface area contributed by atoms with Crippen molar-refractivity contribution in [3.63, 3.8) is 0 Å². The van der Waals surface area contributed by atoms with Crippen LogP contribution in [0.2, 0.25) is 0 Å². The van der Waals surface area contributed by atoms with Crippen molar-refractivity contribution in [3.8, 4) is 22.8 Å². The molecule has 1 aromatic heterocycles. The zero-order chi connectivity index (χ0) is 17.1. The van der Waals surface area contributed by atoms with E-state index in [4.69, 9.17) is 9.15 Å². The largest absolute Gasteiger partial charge is 0.508 e. The number of aromatic hydroxyl groups is 1. The highest BCUT2D eigenvalue weighted by Crippen LogP contribution is 2.26. The molecule has 124 valence electrons. The lowest BCUT2D eigenvalue weighted by Crippen LogP contribution is -2.19. The van der Waals surface area contributed by atoms with Gasteiger partial charge in [-0.15, -0.1) is 0 Å². The predicted octanol–water partition coefficient (Wildman–Crippen LogP) is 3.11. The molecule has 0 aliphatic carbocycles. The molecule has 0 aliphatic rings. The third kappa shape index (κ3) is 3.58. The van der Waals surface area contributed by atoms with Crippen molar-refractivity contribution in [2.75, 3.05) is 27.2 Å². The molecule has 0 saturated heterocycles. The molecule has 1 N–H and O–H groups in total. The SMILES string of the molecule is CN(C)CCOc1cccc(-c2cc(=O)c3ccc(O)cc3o2)c1. The van der Waals surface area contributed by atoms with E-state index in [2.05, 4.69) is 0 Å². The van der Waals surface area contributed by atoms with Gasteiger partial charge < -0.3 is 19.2 Å². The Morgan fingerprint density at radius 2 is 1.96 bits per heavy atom. The molecule has 0 spiro atoms. The van der Waals surface area contributed by atoms with Crippen molar-refractivity contribution in [1.82, 2.24) is 4.90 Å². The van der Waals surface area contributed by atoms with E-state index in [0.717, 1.165) is 12.1 Å². The summed E-state index contributed by atoms with van der Waals surface area (Å²) in [6.07, 6.45) is 0. The summed E-state index contributed by atoms with van der Waals surface area (Å²) in [5.74, 6) is 1.22. The Kier molecular flexibility index (Phi) is 4.53. The lowest BCUT2D eigenvalue weighted by Gasteiger charge is -2.11. The van der Waals surface area contributed by atoms with Crippen LogP contribution in [0.5, 0.6) is 11.5 Å². The van der Waals surface area contributed by atoms with Crippen molar-refractivity contribution in [2.24, 2.45) is 0 Å². The third-order valence-corrected chi connectivity index (χ3v) is 3.64. The highest BCUT2D eigenvalue weighted by atomic mass is 16.5. The fourth-order valence-electron chi connectivity index (χ4n) is 2.37. The highest BCUT2D eigenvalue weighted by Gasteiger charge is 2.08. The molecule has 3 rings (SSSR count). The molecule has 0 aliphatic heterocycles. The van der Waals surface area contributed by atoms with Crippen molar-refractivity contribution in [3.05, 3.63) is 58.8 Å². The highest BCUT2D eigenvalue weighted by molar-refractivity contribution is 5.80. The van der Waals surface area contributed by atoms with Gasteiger partial charge in [0.1, 0.15) is 29.4 Å². The molecule has 2 aromatic carbocycles. The summed E-state index contributed by atoms with van der Waals surface area (Å²) in [5.41, 5.74) is 0.960. The van der Waals surface area contributed by atoms with E-state index in [1.54, 1.807) is 6.07 Å². The minimum Gasteiger partial charge on any atom is -0.508 e. The molecule has 3 aromatic rings. The summed E-state index contributed by atoms with van der Waals surface area (Å²) in [4.78, 5) is 14.3. The van der Waals surface area contributed by atoms with Gasteiger partial charge in [-0.25, -0.2) is 0 Å². The first-order chi connectivity index (χ1) is 11.5. The molecule has 0 bridgehead atoms. The van der Waals surface area contributed by atoms with E-state index in [1.807, 2.05) is 43.3 Å². The summed E-state index contributed by atoms with van der Waals surface area (Å²) in [6, 6.07) is 13.3. The van der Waals surface area contributed by atoms with Crippen molar-refractivity contribution in [1.29, 1.82) is 0 Å². The van der Waals surface area contributed by atoms with Crippen LogP contribution >= 0.6 is 0 Å². The van der Waals surface area contributed by atoms with E-state index < -0.39 is 0 Å². The van der Waals surface area contributed by atoms with Crippen LogP contribution in [0, 0.1) is 0 Å². The van der Waals surface area contributed by atoms with Gasteiger partial charge in [-0.05, 0) is 38.4 Å². The Labute approximate surface area is 139 Å². The van der Waals surface area contributed by atoms with Gasteiger partial charge in [0.2, 0.25) is 0 Å². The normalized spacial score (nSPS) is 11.1. The van der Waals surface area contributed by atoms with Crippen LogP contribution in [-0.2, 0) is 0 Å². The Morgan fingerprint density at radius 3 is 2.75 bits per heavy atom. The van der Waals surface area contributed by atoms with Gasteiger partial charge in [-0.2, -0.15) is 0 Å². The average molecular weight is 325 g/mol. The number of benzene rings is 2. The predicted molar refractivity (Wildman–Crippen MR) is 93.6 cm³/mol. The van der Waals surface area contributed by atoms with Crippen molar-refractivity contribution >= 4 is 11.0 Å². The van der Waals surface area contributed by atoms with Crippen LogP contribution in [0.25, 0.3) is 22.3 Å². The Bertz CT molecular complexity index is 915. The lowest BCUT2D eigenvalue weighted by molar-refractivity contribution is 0.261. The number of hydrogen-bond donors (Lipinski definition) is 1. The summed E-state index contributed by atoms with van der Waals surface area (Å²) in [5, 5.41) is 10.0. The molecule has 0 radical (unpaired) electrons. The van der Waals surface area contributed by atoms with Crippen LogP contribution in [0.4, 0.5) is 0 Å². The van der Waals surface area contributed by atoms with E-state index in [-0.39, 0.29) is 11.2 Å². The molecular formula is C19H19NO4. The van der Waals surface area contributed by atoms with Gasteiger partial charge in [-0.1, -0.05) is 12.1 Å². The Balaban J connectivity index is 1.94. The number of hydrogen-bond acceptors (Lipinski definition) is 5. The number of ether oxygens (including phenoxy) is 1. The zero-order valence-electron chi connectivity index (χ0n) is 13.7. The van der Waals surface area contributed by atoms with Gasteiger partial charge in [-0.3, -0.25) is 4.79 Å². The molecule has 0 unspecified atom stereocenters. The first-order valence-electron chi connectivity index (χ1n) is 7.68. The Morgan fingerprint density at radius 1 is 1.12 bits per heavy atom. The molecule has 0 amide bonds. The number of phenolic OH excluding ortho intramolecular Hbond substituents is 1. The van der Waals surface area contributed by atoms with E-state index in [9.17, 15) is 9.90 Å². The van der Waals surface area contributed by atoms with Crippen LogP contribution in [0.1, 0.15) is 0 Å². The van der Waals surface area contributed by atoms with Crippen LogP contribution in [-0.4, -0.2) is 37.3 Å². The number of nitrogens with zero attached hydrogens (tertiary/aromatic N) is 1. The summed E-state index contributed by atoms with van der Waals surface area (Å²) in [7, 11) is 3.97. The molecule has 1 heterocycles. The van der Waals surface area contributed by atoms with Gasteiger partial charge in [0.05, 0.1) is 5.39 Å². The fraction of sp³-hybridized carbons (Fsp3) is 0.211. The molecule has 0 atom stereocenters. The number of fused-ring (bicyclic) bond motifs is 1. The minimum atomic E-state index is -0.148. The van der Waals surface area contributed by atoms with Gasteiger partial charge in [0.15, 0.2) is 5.43 Å². The molecule has 5 nitrogen and oxygen atoms in total. The van der Waals surface area contributed by atoms with Crippen LogP contribution in [0.3, 0.4) is 0 Å². The molecule has 0 fully saturated rings. The van der Waals surface area contributed by atoms with Gasteiger partial charge >= 0.3 is 0 Å². The average Bonchev–Trinajstić information content (AvgIpc) is 2.54. The number of likely N-dealkylation sites (N-methyl/N-ethyl adjacent to an activating group) is 1. The first kappa shape index (κ1) is 16.1. The zero-order valence-corrected chi connectivity index (χ0v) is 13.7. The smallest absolute Gasteiger partial charge is 0.193 e. The summed E-state index contributed by atoms with van der Waals surface area (Å²) >= 11 is 0. The Hall–Kier alpha value is -2.79. The maximum absolute atomic E-state index is 12.2. The maximum Gasteiger partial charge on any atom is 0.193 e. The number of rotatable bonds is 5.